The minimum Gasteiger partial charge on any atom is -0.418 e. The standard InChI is InChI=1S/C4H9I3OSi/c1-8-9(2-5,3-6)4-7/h2-4H2,1H3. The lowest BCUT2D eigenvalue weighted by Gasteiger charge is -2.22. The first kappa shape index (κ1) is 11.4. The van der Waals surface area contributed by atoms with Crippen LogP contribution in [0.1, 0.15) is 0 Å². The summed E-state index contributed by atoms with van der Waals surface area (Å²) in [6, 6.07) is 0. The Morgan fingerprint density at radius 1 is 1.11 bits per heavy atom. The molecule has 0 unspecified atom stereocenters. The minimum atomic E-state index is -1.23. The lowest BCUT2D eigenvalue weighted by atomic mass is 11.8. The number of hydrogen-bond donors (Lipinski definition) is 0. The molecule has 0 aromatic heterocycles. The lowest BCUT2D eigenvalue weighted by Crippen LogP contribution is -2.44. The summed E-state index contributed by atoms with van der Waals surface area (Å²) in [5.74, 6) is 0. The van der Waals surface area contributed by atoms with Crippen LogP contribution in [0.15, 0.2) is 0 Å². The first-order valence-electron chi connectivity index (χ1n) is 2.47. The molecule has 0 heterocycles. The van der Waals surface area contributed by atoms with E-state index in [2.05, 4.69) is 67.8 Å². The fourth-order valence-electron chi connectivity index (χ4n) is 0.271. The van der Waals surface area contributed by atoms with E-state index in [9.17, 15) is 0 Å². The van der Waals surface area contributed by atoms with Crippen LogP contribution in [0.3, 0.4) is 0 Å². The highest BCUT2D eigenvalue weighted by molar-refractivity contribution is 14.1. The van der Waals surface area contributed by atoms with E-state index in [-0.39, 0.29) is 0 Å². The van der Waals surface area contributed by atoms with Gasteiger partial charge in [0.1, 0.15) is 0 Å². The van der Waals surface area contributed by atoms with E-state index in [1.165, 1.54) is 12.2 Å². The van der Waals surface area contributed by atoms with Crippen molar-refractivity contribution in [3.05, 3.63) is 0 Å². The molecule has 0 saturated carbocycles. The maximum absolute atomic E-state index is 5.50. The van der Waals surface area contributed by atoms with E-state index >= 15 is 0 Å². The molecule has 0 amide bonds. The second-order valence-corrected chi connectivity index (χ2v) is 12.2. The predicted octanol–water partition coefficient (Wildman–Crippen LogP) is 2.50. The second-order valence-electron chi connectivity index (χ2n) is 1.79. The van der Waals surface area contributed by atoms with Gasteiger partial charge in [0.2, 0.25) is 8.32 Å². The van der Waals surface area contributed by atoms with E-state index in [0.29, 0.717) is 0 Å². The molecule has 0 aliphatic heterocycles. The zero-order chi connectivity index (χ0) is 7.33. The summed E-state index contributed by atoms with van der Waals surface area (Å²) in [6.45, 7) is 0. The van der Waals surface area contributed by atoms with Crippen LogP contribution in [0.4, 0.5) is 0 Å². The Kier molecular flexibility index (Phi) is 7.51. The third-order valence-corrected chi connectivity index (χ3v) is 16.0. The minimum absolute atomic E-state index is 1.22. The van der Waals surface area contributed by atoms with E-state index in [4.69, 9.17) is 4.43 Å². The quantitative estimate of drug-likeness (QED) is 0.341. The molecule has 0 radical (unpaired) electrons. The van der Waals surface area contributed by atoms with Crippen LogP contribution in [-0.4, -0.2) is 27.6 Å². The zero-order valence-electron chi connectivity index (χ0n) is 5.16. The van der Waals surface area contributed by atoms with Gasteiger partial charge in [-0.15, -0.1) is 0 Å². The molecular weight excluding hydrogens is 473 g/mol. The Labute approximate surface area is 98.2 Å². The molecule has 9 heavy (non-hydrogen) atoms. The van der Waals surface area contributed by atoms with Gasteiger partial charge in [0.15, 0.2) is 0 Å². The monoisotopic (exact) mass is 482 g/mol. The number of hydrogen-bond acceptors (Lipinski definition) is 1. The van der Waals surface area contributed by atoms with Gasteiger partial charge >= 0.3 is 0 Å². The summed E-state index contributed by atoms with van der Waals surface area (Å²) in [4.78, 5) is 0. The van der Waals surface area contributed by atoms with Gasteiger partial charge in [0, 0.05) is 19.3 Å². The summed E-state index contributed by atoms with van der Waals surface area (Å²) in [7, 11) is 0.618. The van der Waals surface area contributed by atoms with Crippen LogP contribution < -0.4 is 0 Å². The molecule has 0 aliphatic rings. The maximum atomic E-state index is 5.50. The molecule has 0 aliphatic carbocycles. The molecule has 0 fully saturated rings. The van der Waals surface area contributed by atoms with Crippen LogP contribution >= 0.6 is 67.8 Å². The molecular formula is C4H9I3OSi. The van der Waals surface area contributed by atoms with E-state index < -0.39 is 8.32 Å². The Balaban J connectivity index is 3.82. The van der Waals surface area contributed by atoms with Gasteiger partial charge in [-0.2, -0.15) is 0 Å². The first-order chi connectivity index (χ1) is 4.24. The molecule has 0 atom stereocenters. The molecule has 0 N–H and O–H groups in total. The number of halogens is 3. The van der Waals surface area contributed by atoms with Gasteiger partial charge in [-0.3, -0.25) is 0 Å². The van der Waals surface area contributed by atoms with Crippen molar-refractivity contribution < 1.29 is 4.43 Å². The second kappa shape index (κ2) is 5.95. The zero-order valence-corrected chi connectivity index (χ0v) is 12.6. The Hall–Kier alpha value is 2.37. The summed E-state index contributed by atoms with van der Waals surface area (Å²) in [6.07, 6.45) is 0. The molecule has 1 nitrogen and oxygen atoms in total. The fraction of sp³-hybridized carbons (Fsp3) is 1.00. The van der Waals surface area contributed by atoms with Crippen molar-refractivity contribution in [1.29, 1.82) is 0 Å². The van der Waals surface area contributed by atoms with Crippen molar-refractivity contribution in [2.75, 3.05) is 19.3 Å². The van der Waals surface area contributed by atoms with E-state index in [1.807, 2.05) is 7.11 Å². The van der Waals surface area contributed by atoms with Crippen LogP contribution in [0.5, 0.6) is 0 Å². The Bertz CT molecular complexity index is 58.7. The molecule has 0 bridgehead atoms. The molecule has 0 aromatic carbocycles. The number of alkyl halides is 3. The van der Waals surface area contributed by atoms with Gasteiger partial charge in [-0.1, -0.05) is 67.8 Å². The van der Waals surface area contributed by atoms with Crippen LogP contribution in [-0.2, 0) is 4.43 Å². The van der Waals surface area contributed by atoms with Crippen molar-refractivity contribution >= 4 is 76.1 Å². The third kappa shape index (κ3) is 3.52. The predicted molar refractivity (Wildman–Crippen MR) is 69.4 cm³/mol. The van der Waals surface area contributed by atoms with Crippen LogP contribution in [0.2, 0.25) is 0 Å². The maximum Gasteiger partial charge on any atom is 0.220 e. The normalized spacial score (nSPS) is 12.0. The highest BCUT2D eigenvalue weighted by Gasteiger charge is 2.29. The highest BCUT2D eigenvalue weighted by atomic mass is 127. The third-order valence-electron chi connectivity index (χ3n) is 1.16. The summed E-state index contributed by atoms with van der Waals surface area (Å²) in [5.41, 5.74) is 0. The van der Waals surface area contributed by atoms with Crippen LogP contribution in [0, 0.1) is 0 Å². The summed E-state index contributed by atoms with van der Waals surface area (Å²) >= 11 is 7.29. The fourth-order valence-corrected chi connectivity index (χ4v) is 17.8. The van der Waals surface area contributed by atoms with Crippen molar-refractivity contribution in [2.45, 2.75) is 0 Å². The Morgan fingerprint density at radius 2 is 1.44 bits per heavy atom. The molecule has 0 saturated heterocycles. The van der Waals surface area contributed by atoms with Gasteiger partial charge in [0.25, 0.3) is 0 Å². The topological polar surface area (TPSA) is 9.23 Å². The summed E-state index contributed by atoms with van der Waals surface area (Å²) < 4.78 is 9.15. The van der Waals surface area contributed by atoms with E-state index in [0.717, 1.165) is 0 Å². The van der Waals surface area contributed by atoms with Crippen molar-refractivity contribution in [3.63, 3.8) is 0 Å². The van der Waals surface area contributed by atoms with E-state index in [1.54, 1.807) is 0 Å². The smallest absolute Gasteiger partial charge is 0.220 e. The van der Waals surface area contributed by atoms with Crippen LogP contribution in [0.25, 0.3) is 0 Å². The average Bonchev–Trinajstić information content (AvgIpc) is 1.95. The first-order valence-corrected chi connectivity index (χ1v) is 9.58. The molecule has 0 rings (SSSR count). The highest BCUT2D eigenvalue weighted by Crippen LogP contribution is 2.14. The lowest BCUT2D eigenvalue weighted by molar-refractivity contribution is 0.410. The summed E-state index contributed by atoms with van der Waals surface area (Å²) in [5, 5.41) is 0. The molecule has 5 heteroatoms. The largest absolute Gasteiger partial charge is 0.418 e. The molecule has 56 valence electrons. The van der Waals surface area contributed by atoms with Crippen molar-refractivity contribution in [3.8, 4) is 0 Å². The van der Waals surface area contributed by atoms with Gasteiger partial charge in [-0.25, -0.2) is 0 Å². The van der Waals surface area contributed by atoms with Gasteiger partial charge in [-0.05, 0) is 0 Å². The number of rotatable bonds is 4. The molecule has 0 aromatic rings. The SMILES string of the molecule is CO[Si](CI)(CI)CI. The van der Waals surface area contributed by atoms with Gasteiger partial charge in [0.05, 0.1) is 0 Å². The molecule has 0 spiro atoms. The van der Waals surface area contributed by atoms with Crippen molar-refractivity contribution in [2.24, 2.45) is 0 Å². The Morgan fingerprint density at radius 3 is 1.44 bits per heavy atom. The average molecular weight is 482 g/mol. The van der Waals surface area contributed by atoms with Gasteiger partial charge < -0.3 is 4.43 Å². The van der Waals surface area contributed by atoms with Crippen molar-refractivity contribution in [1.82, 2.24) is 0 Å².